The zero-order chi connectivity index (χ0) is 11.3. The fourth-order valence-corrected chi connectivity index (χ4v) is 1.18. The highest BCUT2D eigenvalue weighted by molar-refractivity contribution is 6.30. The molecule has 4 heteroatoms. The monoisotopic (exact) mass is 228 g/mol. The smallest absolute Gasteiger partial charge is 0.305 e. The van der Waals surface area contributed by atoms with E-state index < -0.39 is 6.10 Å². The second-order valence-electron chi connectivity index (χ2n) is 3.10. The summed E-state index contributed by atoms with van der Waals surface area (Å²) in [4.78, 5) is 10.8. The molecule has 15 heavy (non-hydrogen) atoms. The molecule has 0 heterocycles. The van der Waals surface area contributed by atoms with Crippen LogP contribution in [0.2, 0.25) is 5.02 Å². The van der Waals surface area contributed by atoms with Gasteiger partial charge in [0.25, 0.3) is 0 Å². The molecule has 0 aliphatic rings. The van der Waals surface area contributed by atoms with Crippen molar-refractivity contribution in [2.24, 2.45) is 0 Å². The van der Waals surface area contributed by atoms with E-state index in [4.69, 9.17) is 16.3 Å². The lowest BCUT2D eigenvalue weighted by Gasteiger charge is -2.11. The highest BCUT2D eigenvalue weighted by atomic mass is 35.5. The van der Waals surface area contributed by atoms with Gasteiger partial charge in [-0.2, -0.15) is 0 Å². The van der Waals surface area contributed by atoms with Crippen LogP contribution < -0.4 is 0 Å². The van der Waals surface area contributed by atoms with E-state index in [2.05, 4.69) is 0 Å². The first-order valence-electron chi connectivity index (χ1n) is 4.72. The van der Waals surface area contributed by atoms with Crippen LogP contribution in [0.25, 0.3) is 0 Å². The van der Waals surface area contributed by atoms with Crippen LogP contribution in [-0.2, 0) is 9.53 Å². The lowest BCUT2D eigenvalue weighted by atomic mass is 10.1. The Morgan fingerprint density at radius 1 is 1.47 bits per heavy atom. The first kappa shape index (κ1) is 12.0. The number of ether oxygens (including phenoxy) is 1. The molecular weight excluding hydrogens is 216 g/mol. The number of carbonyl (C=O) groups is 1. The van der Waals surface area contributed by atoms with Crippen molar-refractivity contribution in [3.8, 4) is 0 Å². The minimum Gasteiger partial charge on any atom is -0.463 e. The van der Waals surface area contributed by atoms with Gasteiger partial charge in [-0.25, -0.2) is 0 Å². The summed E-state index contributed by atoms with van der Waals surface area (Å²) in [5.41, 5.74) is 0.684. The van der Waals surface area contributed by atoms with Crippen LogP contribution in [-0.4, -0.2) is 17.7 Å². The molecule has 0 aromatic heterocycles. The van der Waals surface area contributed by atoms with Crippen LogP contribution in [0.1, 0.15) is 25.0 Å². The summed E-state index contributed by atoms with van der Waals surface area (Å²) in [7, 11) is 0. The molecule has 0 spiro atoms. The maximum absolute atomic E-state index is 10.8. The zero-order valence-corrected chi connectivity index (χ0v) is 9.20. The van der Waals surface area contributed by atoms with E-state index in [1.165, 1.54) is 0 Å². The Labute approximate surface area is 93.6 Å². The second-order valence-corrected chi connectivity index (χ2v) is 3.54. The minimum atomic E-state index is -0.794. The first-order valence-corrected chi connectivity index (χ1v) is 5.10. The highest BCUT2D eigenvalue weighted by Crippen LogP contribution is 2.16. The van der Waals surface area contributed by atoms with Crippen LogP contribution in [0.4, 0.5) is 0 Å². The Bertz CT molecular complexity index is 321. The van der Waals surface area contributed by atoms with Crippen molar-refractivity contribution in [3.63, 3.8) is 0 Å². The molecule has 0 amide bonds. The third-order valence-electron chi connectivity index (χ3n) is 1.95. The summed E-state index contributed by atoms with van der Waals surface area (Å²) in [6.07, 6.45) is -0.481. The third kappa shape index (κ3) is 3.90. The number of esters is 1. The fourth-order valence-electron chi connectivity index (χ4n) is 1.06. The van der Waals surface area contributed by atoms with Crippen LogP contribution in [0.3, 0.4) is 0 Å². The van der Waals surface area contributed by atoms with Crippen LogP contribution in [0.15, 0.2) is 24.3 Å². The molecule has 82 valence electrons. The second kappa shape index (κ2) is 5.73. The van der Waals surface area contributed by atoms with E-state index in [1.807, 2.05) is 0 Å². The van der Waals surface area contributed by atoms with Crippen molar-refractivity contribution < 1.29 is 14.6 Å². The average Bonchev–Trinajstić information content (AvgIpc) is 2.26. The van der Waals surface area contributed by atoms with Crippen molar-refractivity contribution in [1.82, 2.24) is 0 Å². The van der Waals surface area contributed by atoms with Gasteiger partial charge in [-0.3, -0.25) is 4.79 Å². The molecule has 0 saturated heterocycles. The van der Waals surface area contributed by atoms with Crippen molar-refractivity contribution >= 4 is 17.6 Å². The lowest BCUT2D eigenvalue weighted by molar-refractivity contribution is -0.146. The molecule has 3 nitrogen and oxygen atoms in total. The molecule has 1 atom stereocenters. The van der Waals surface area contributed by atoms with Crippen molar-refractivity contribution in [3.05, 3.63) is 34.9 Å². The molecule has 1 aromatic carbocycles. The van der Waals surface area contributed by atoms with E-state index in [0.717, 1.165) is 0 Å². The molecule has 1 rings (SSSR count). The topological polar surface area (TPSA) is 46.5 Å². The summed E-state index contributed by atoms with van der Waals surface area (Å²) in [5.74, 6) is -0.317. The van der Waals surface area contributed by atoms with Crippen molar-refractivity contribution in [2.75, 3.05) is 6.61 Å². The summed E-state index contributed by atoms with van der Waals surface area (Å²) in [5, 5.41) is 10.2. The van der Waals surface area contributed by atoms with Gasteiger partial charge in [-0.1, -0.05) is 30.7 Å². The molecule has 1 N–H and O–H groups in total. The van der Waals surface area contributed by atoms with E-state index in [9.17, 15) is 9.90 Å². The zero-order valence-electron chi connectivity index (χ0n) is 8.44. The Morgan fingerprint density at radius 3 is 2.60 bits per heavy atom. The fraction of sp³-hybridized carbons (Fsp3) is 0.364. The highest BCUT2D eigenvalue weighted by Gasteiger charge is 2.09. The normalized spacial score (nSPS) is 12.2. The van der Waals surface area contributed by atoms with Gasteiger partial charge in [0.2, 0.25) is 0 Å². The van der Waals surface area contributed by atoms with Crippen molar-refractivity contribution in [2.45, 2.75) is 19.4 Å². The molecule has 0 aliphatic carbocycles. The summed E-state index contributed by atoms with van der Waals surface area (Å²) < 4.78 is 4.82. The Morgan fingerprint density at radius 2 is 2.07 bits per heavy atom. The predicted molar refractivity (Wildman–Crippen MR) is 57.7 cm³/mol. The number of benzene rings is 1. The number of rotatable bonds is 4. The summed E-state index contributed by atoms with van der Waals surface area (Å²) >= 11 is 5.70. The molecule has 0 saturated carbocycles. The third-order valence-corrected chi connectivity index (χ3v) is 2.20. The quantitative estimate of drug-likeness (QED) is 0.805. The number of aliphatic hydroxyl groups is 1. The first-order chi connectivity index (χ1) is 7.13. The standard InChI is InChI=1S/C11H13ClO3/c1-2-11(14)15-7-10(13)8-3-5-9(12)6-4-8/h3-6,10,13H,2,7H2,1H3/t10-/m0/s1. The van der Waals surface area contributed by atoms with Gasteiger partial charge < -0.3 is 9.84 Å². The van der Waals surface area contributed by atoms with Gasteiger partial charge in [-0.05, 0) is 17.7 Å². The number of halogens is 1. The largest absolute Gasteiger partial charge is 0.463 e. The lowest BCUT2D eigenvalue weighted by Crippen LogP contribution is -2.11. The van der Waals surface area contributed by atoms with Gasteiger partial charge in [0.15, 0.2) is 0 Å². The van der Waals surface area contributed by atoms with Gasteiger partial charge in [0.05, 0.1) is 0 Å². The molecule has 0 aliphatic heterocycles. The maximum atomic E-state index is 10.8. The Hall–Kier alpha value is -1.06. The predicted octanol–water partition coefficient (Wildman–Crippen LogP) is 2.33. The molecule has 0 fully saturated rings. The number of carbonyl (C=O) groups excluding carboxylic acids is 1. The number of hydrogen-bond acceptors (Lipinski definition) is 3. The molecule has 0 radical (unpaired) electrons. The molecular formula is C11H13ClO3. The number of aliphatic hydroxyl groups excluding tert-OH is 1. The van der Waals surface area contributed by atoms with Gasteiger partial charge in [0, 0.05) is 11.4 Å². The van der Waals surface area contributed by atoms with E-state index in [-0.39, 0.29) is 12.6 Å². The number of hydrogen-bond donors (Lipinski definition) is 1. The SMILES string of the molecule is CCC(=O)OC[C@H](O)c1ccc(Cl)cc1. The molecule has 0 unspecified atom stereocenters. The van der Waals surface area contributed by atoms with Gasteiger partial charge >= 0.3 is 5.97 Å². The minimum absolute atomic E-state index is 0.0195. The van der Waals surface area contributed by atoms with E-state index in [0.29, 0.717) is 17.0 Å². The Balaban J connectivity index is 2.50. The van der Waals surface area contributed by atoms with Crippen LogP contribution in [0, 0.1) is 0 Å². The maximum Gasteiger partial charge on any atom is 0.305 e. The average molecular weight is 229 g/mol. The van der Waals surface area contributed by atoms with Crippen LogP contribution >= 0.6 is 11.6 Å². The van der Waals surface area contributed by atoms with E-state index >= 15 is 0 Å². The van der Waals surface area contributed by atoms with Crippen LogP contribution in [0.5, 0.6) is 0 Å². The van der Waals surface area contributed by atoms with E-state index in [1.54, 1.807) is 31.2 Å². The summed E-state index contributed by atoms with van der Waals surface area (Å²) in [6, 6.07) is 6.77. The molecule has 1 aromatic rings. The van der Waals surface area contributed by atoms with Gasteiger partial charge in [-0.15, -0.1) is 0 Å². The van der Waals surface area contributed by atoms with Crippen molar-refractivity contribution in [1.29, 1.82) is 0 Å². The van der Waals surface area contributed by atoms with Gasteiger partial charge in [0.1, 0.15) is 12.7 Å². The summed E-state index contributed by atoms with van der Waals surface area (Å²) in [6.45, 7) is 1.69. The Kier molecular flexibility index (Phi) is 4.59. The molecule has 0 bridgehead atoms.